The van der Waals surface area contributed by atoms with Crippen LogP contribution in [0.15, 0.2) is 0 Å². The number of nitrogens with two attached hydrogens (primary N) is 1. The lowest BCUT2D eigenvalue weighted by Crippen LogP contribution is -2.34. The van der Waals surface area contributed by atoms with E-state index in [0.717, 1.165) is 37.4 Å². The summed E-state index contributed by atoms with van der Waals surface area (Å²) in [5.41, 5.74) is 5.76. The minimum absolute atomic E-state index is 0.657. The van der Waals surface area contributed by atoms with Crippen molar-refractivity contribution in [2.24, 2.45) is 29.4 Å². The molecule has 0 aliphatic heterocycles. The highest BCUT2D eigenvalue weighted by Crippen LogP contribution is 2.19. The van der Waals surface area contributed by atoms with Gasteiger partial charge >= 0.3 is 0 Å². The van der Waals surface area contributed by atoms with Gasteiger partial charge < -0.3 is 11.1 Å². The molecule has 0 aromatic carbocycles. The maximum Gasteiger partial charge on any atom is -0.000834 e. The van der Waals surface area contributed by atoms with Gasteiger partial charge in [0.15, 0.2) is 0 Å². The fraction of sp³-hybridized carbons (Fsp3) is 1.00. The molecule has 0 aromatic heterocycles. The van der Waals surface area contributed by atoms with Crippen LogP contribution in [0.3, 0.4) is 0 Å². The van der Waals surface area contributed by atoms with Gasteiger partial charge in [0.05, 0.1) is 0 Å². The third-order valence-corrected chi connectivity index (χ3v) is 3.56. The summed E-state index contributed by atoms with van der Waals surface area (Å²) >= 11 is 0. The van der Waals surface area contributed by atoms with Crippen molar-refractivity contribution in [3.8, 4) is 0 Å². The molecule has 0 aromatic rings. The van der Waals surface area contributed by atoms with Crippen molar-refractivity contribution in [1.82, 2.24) is 5.32 Å². The number of hydrogen-bond donors (Lipinski definition) is 2. The van der Waals surface area contributed by atoms with Crippen LogP contribution in [0.1, 0.15) is 47.5 Å². The van der Waals surface area contributed by atoms with E-state index in [9.17, 15) is 0 Å². The Morgan fingerprint density at radius 3 is 1.94 bits per heavy atom. The van der Waals surface area contributed by atoms with Crippen molar-refractivity contribution < 1.29 is 0 Å². The molecule has 0 aliphatic carbocycles. The van der Waals surface area contributed by atoms with Crippen LogP contribution in [-0.4, -0.2) is 19.6 Å². The fourth-order valence-electron chi connectivity index (χ4n) is 2.41. The molecule has 2 heteroatoms. The molecule has 0 radical (unpaired) electrons. The van der Waals surface area contributed by atoms with Gasteiger partial charge in [0.25, 0.3) is 0 Å². The molecule has 0 spiro atoms. The fourth-order valence-corrected chi connectivity index (χ4v) is 2.41. The molecule has 2 nitrogen and oxygen atoms in total. The molecule has 16 heavy (non-hydrogen) atoms. The van der Waals surface area contributed by atoms with E-state index < -0.39 is 0 Å². The van der Waals surface area contributed by atoms with Crippen LogP contribution >= 0.6 is 0 Å². The van der Waals surface area contributed by atoms with Crippen LogP contribution in [-0.2, 0) is 0 Å². The molecule has 0 fully saturated rings. The zero-order valence-corrected chi connectivity index (χ0v) is 11.9. The van der Waals surface area contributed by atoms with Crippen molar-refractivity contribution >= 4 is 0 Å². The number of hydrogen-bond acceptors (Lipinski definition) is 2. The van der Waals surface area contributed by atoms with Crippen molar-refractivity contribution in [3.63, 3.8) is 0 Å². The lowest BCUT2D eigenvalue weighted by molar-refractivity contribution is 0.269. The summed E-state index contributed by atoms with van der Waals surface area (Å²) < 4.78 is 0. The average Bonchev–Trinajstić information content (AvgIpc) is 2.21. The maximum absolute atomic E-state index is 5.76. The Balaban J connectivity index is 3.84. The first kappa shape index (κ1) is 15.9. The Morgan fingerprint density at radius 2 is 1.56 bits per heavy atom. The Kier molecular flexibility index (Phi) is 8.96. The van der Waals surface area contributed by atoms with Crippen LogP contribution < -0.4 is 11.1 Å². The summed E-state index contributed by atoms with van der Waals surface area (Å²) in [6.45, 7) is 14.5. The summed E-state index contributed by atoms with van der Waals surface area (Å²) in [6.07, 6.45) is 2.48. The molecule has 0 amide bonds. The molecule has 1 atom stereocenters. The first-order valence-electron chi connectivity index (χ1n) is 6.93. The highest BCUT2D eigenvalue weighted by Gasteiger charge is 2.17. The summed E-state index contributed by atoms with van der Waals surface area (Å²) in [7, 11) is 0. The van der Waals surface area contributed by atoms with Gasteiger partial charge in [0.1, 0.15) is 0 Å². The van der Waals surface area contributed by atoms with Gasteiger partial charge in [-0.3, -0.25) is 0 Å². The van der Waals surface area contributed by atoms with Crippen molar-refractivity contribution in [2.45, 2.75) is 47.5 Å². The Morgan fingerprint density at radius 1 is 1.00 bits per heavy atom. The smallest absolute Gasteiger partial charge is 0.000834 e. The van der Waals surface area contributed by atoms with E-state index in [1.165, 1.54) is 12.8 Å². The van der Waals surface area contributed by atoms with E-state index in [4.69, 9.17) is 5.73 Å². The van der Waals surface area contributed by atoms with Crippen LogP contribution in [0, 0.1) is 23.7 Å². The minimum Gasteiger partial charge on any atom is -0.330 e. The molecule has 0 saturated carbocycles. The summed E-state index contributed by atoms with van der Waals surface area (Å²) in [5, 5.41) is 3.60. The number of rotatable bonds is 9. The standard InChI is InChI=1S/C14H32N2/c1-6-7-13(8-15)9-16-10-14(11(2)3)12(4)5/h11-14,16H,6-10,15H2,1-5H3. The number of nitrogens with one attached hydrogen (secondary N) is 1. The van der Waals surface area contributed by atoms with Gasteiger partial charge in [-0.2, -0.15) is 0 Å². The zero-order valence-electron chi connectivity index (χ0n) is 11.9. The lowest BCUT2D eigenvalue weighted by Gasteiger charge is -2.26. The summed E-state index contributed by atoms with van der Waals surface area (Å²) in [4.78, 5) is 0. The van der Waals surface area contributed by atoms with Gasteiger partial charge in [-0.25, -0.2) is 0 Å². The van der Waals surface area contributed by atoms with Crippen molar-refractivity contribution in [1.29, 1.82) is 0 Å². The van der Waals surface area contributed by atoms with Crippen LogP contribution in [0.2, 0.25) is 0 Å². The van der Waals surface area contributed by atoms with Gasteiger partial charge in [-0.05, 0) is 49.7 Å². The molecular weight excluding hydrogens is 196 g/mol. The third-order valence-electron chi connectivity index (χ3n) is 3.56. The van der Waals surface area contributed by atoms with E-state index in [-0.39, 0.29) is 0 Å². The third kappa shape index (κ3) is 6.49. The lowest BCUT2D eigenvalue weighted by atomic mass is 9.85. The topological polar surface area (TPSA) is 38.0 Å². The zero-order chi connectivity index (χ0) is 12.6. The second-order valence-electron chi connectivity index (χ2n) is 5.70. The summed E-state index contributed by atoms with van der Waals surface area (Å²) in [5.74, 6) is 2.95. The van der Waals surface area contributed by atoms with Crippen molar-refractivity contribution in [3.05, 3.63) is 0 Å². The molecule has 0 bridgehead atoms. The largest absolute Gasteiger partial charge is 0.330 e. The Hall–Kier alpha value is -0.0800. The highest BCUT2D eigenvalue weighted by atomic mass is 14.9. The quantitative estimate of drug-likeness (QED) is 0.637. The molecule has 3 N–H and O–H groups in total. The summed E-state index contributed by atoms with van der Waals surface area (Å²) in [6, 6.07) is 0. The van der Waals surface area contributed by atoms with Gasteiger partial charge in [-0.15, -0.1) is 0 Å². The Labute approximate surface area is 102 Å². The first-order valence-corrected chi connectivity index (χ1v) is 6.93. The normalized spacial score (nSPS) is 14.1. The molecule has 0 aliphatic rings. The molecule has 1 unspecified atom stereocenters. The molecular formula is C14H32N2. The van der Waals surface area contributed by atoms with Gasteiger partial charge in [0, 0.05) is 0 Å². The Bertz CT molecular complexity index is 147. The predicted molar refractivity (Wildman–Crippen MR) is 73.5 cm³/mol. The average molecular weight is 228 g/mol. The van der Waals surface area contributed by atoms with Gasteiger partial charge in [0.2, 0.25) is 0 Å². The second kappa shape index (κ2) is 9.00. The maximum atomic E-state index is 5.76. The van der Waals surface area contributed by atoms with E-state index in [1.807, 2.05) is 0 Å². The second-order valence-corrected chi connectivity index (χ2v) is 5.70. The highest BCUT2D eigenvalue weighted by molar-refractivity contribution is 4.71. The van der Waals surface area contributed by atoms with Crippen LogP contribution in [0.4, 0.5) is 0 Å². The molecule has 0 saturated heterocycles. The SMILES string of the molecule is CCCC(CN)CNCC(C(C)C)C(C)C. The van der Waals surface area contributed by atoms with E-state index in [0.29, 0.717) is 5.92 Å². The molecule has 0 heterocycles. The monoisotopic (exact) mass is 228 g/mol. The van der Waals surface area contributed by atoms with Crippen molar-refractivity contribution in [2.75, 3.05) is 19.6 Å². The van der Waals surface area contributed by atoms with Crippen LogP contribution in [0.5, 0.6) is 0 Å². The minimum atomic E-state index is 0.657. The predicted octanol–water partition coefficient (Wildman–Crippen LogP) is 2.88. The van der Waals surface area contributed by atoms with Gasteiger partial charge in [-0.1, -0.05) is 41.0 Å². The molecule has 98 valence electrons. The van der Waals surface area contributed by atoms with E-state index >= 15 is 0 Å². The molecule has 0 rings (SSSR count). The van der Waals surface area contributed by atoms with Crippen LogP contribution in [0.25, 0.3) is 0 Å². The van der Waals surface area contributed by atoms with E-state index in [2.05, 4.69) is 39.9 Å². The first-order chi connectivity index (χ1) is 7.52. The van der Waals surface area contributed by atoms with E-state index in [1.54, 1.807) is 0 Å².